The molecule has 3 rings (SSSR count). The summed E-state index contributed by atoms with van der Waals surface area (Å²) >= 11 is 0. The van der Waals surface area contributed by atoms with Crippen LogP contribution in [-0.4, -0.2) is 47.6 Å². The normalized spacial score (nSPS) is 23.7. The molecule has 156 valence electrons. The molecule has 0 bridgehead atoms. The van der Waals surface area contributed by atoms with Crippen molar-refractivity contribution >= 4 is 23.8 Å². The molecule has 29 heavy (non-hydrogen) atoms. The smallest absolute Gasteiger partial charge is 0.344 e. The van der Waals surface area contributed by atoms with E-state index in [2.05, 4.69) is 17.7 Å². The second kappa shape index (κ2) is 8.50. The van der Waals surface area contributed by atoms with Crippen molar-refractivity contribution in [3.63, 3.8) is 0 Å². The average molecular weight is 403 g/mol. The number of nitrogens with zero attached hydrogens (tertiary/aromatic N) is 1. The molecular weight excluding hydrogens is 378 g/mol. The van der Waals surface area contributed by atoms with Crippen molar-refractivity contribution < 1.29 is 28.7 Å². The fraction of sp³-hybridized carbons (Fsp3) is 0.500. The van der Waals surface area contributed by atoms with E-state index in [0.717, 1.165) is 17.9 Å². The highest BCUT2D eigenvalue weighted by Crippen LogP contribution is 2.35. The highest BCUT2D eigenvalue weighted by molar-refractivity contribution is 6.08. The third-order valence-corrected chi connectivity index (χ3v) is 5.26. The molecule has 2 aliphatic rings. The van der Waals surface area contributed by atoms with Gasteiger partial charge in [0.25, 0.3) is 11.8 Å². The quantitative estimate of drug-likeness (QED) is 0.553. The predicted octanol–water partition coefficient (Wildman–Crippen LogP) is 1.77. The average Bonchev–Trinajstić information content (AvgIpc) is 2.93. The van der Waals surface area contributed by atoms with E-state index < -0.39 is 29.4 Å². The van der Waals surface area contributed by atoms with Crippen molar-refractivity contribution in [2.24, 2.45) is 5.92 Å². The minimum absolute atomic E-state index is 0.278. The fourth-order valence-corrected chi connectivity index (χ4v) is 3.52. The molecule has 2 N–H and O–H groups in total. The number of ether oxygens (including phenoxy) is 2. The number of rotatable bonds is 6. The summed E-state index contributed by atoms with van der Waals surface area (Å²) in [6.07, 6.45) is 2.82. The van der Waals surface area contributed by atoms with Crippen molar-refractivity contribution in [2.45, 2.75) is 45.1 Å². The van der Waals surface area contributed by atoms with E-state index in [4.69, 9.17) is 9.47 Å². The zero-order valence-corrected chi connectivity index (χ0v) is 16.5. The molecule has 1 saturated carbocycles. The number of esters is 1. The Morgan fingerprint density at radius 2 is 1.86 bits per heavy atom. The summed E-state index contributed by atoms with van der Waals surface area (Å²) in [5.74, 6) is -0.632. The van der Waals surface area contributed by atoms with Gasteiger partial charge in [0.2, 0.25) is 0 Å². The van der Waals surface area contributed by atoms with Crippen LogP contribution in [0.15, 0.2) is 24.3 Å². The van der Waals surface area contributed by atoms with E-state index >= 15 is 0 Å². The zero-order chi connectivity index (χ0) is 21.0. The Morgan fingerprint density at radius 1 is 1.21 bits per heavy atom. The number of amides is 4. The van der Waals surface area contributed by atoms with Crippen molar-refractivity contribution in [2.75, 3.05) is 13.2 Å². The van der Waals surface area contributed by atoms with E-state index in [9.17, 15) is 19.2 Å². The lowest BCUT2D eigenvalue weighted by Gasteiger charge is -2.33. The van der Waals surface area contributed by atoms with Crippen LogP contribution in [0.4, 0.5) is 4.79 Å². The highest BCUT2D eigenvalue weighted by Gasteiger charge is 2.52. The largest absolute Gasteiger partial charge is 0.484 e. The van der Waals surface area contributed by atoms with E-state index in [1.165, 1.54) is 24.3 Å². The Morgan fingerprint density at radius 3 is 2.48 bits per heavy atom. The second-order valence-electron chi connectivity index (χ2n) is 7.40. The summed E-state index contributed by atoms with van der Waals surface area (Å²) in [6.45, 7) is 3.72. The predicted molar refractivity (Wildman–Crippen MR) is 102 cm³/mol. The lowest BCUT2D eigenvalue weighted by Crippen LogP contribution is -2.52. The van der Waals surface area contributed by atoms with Crippen LogP contribution >= 0.6 is 0 Å². The number of benzene rings is 1. The Balaban J connectivity index is 1.52. The van der Waals surface area contributed by atoms with Crippen LogP contribution in [-0.2, 0) is 14.3 Å². The Hall–Kier alpha value is -3.10. The molecule has 0 atom stereocenters. The molecule has 4 amide bonds. The highest BCUT2D eigenvalue weighted by atomic mass is 16.5. The van der Waals surface area contributed by atoms with Gasteiger partial charge in [-0.1, -0.05) is 6.92 Å². The molecule has 9 nitrogen and oxygen atoms in total. The second-order valence-corrected chi connectivity index (χ2v) is 7.40. The van der Waals surface area contributed by atoms with Crippen LogP contribution in [0.2, 0.25) is 0 Å². The Labute approximate surface area is 168 Å². The van der Waals surface area contributed by atoms with Crippen molar-refractivity contribution in [1.82, 2.24) is 15.8 Å². The summed E-state index contributed by atoms with van der Waals surface area (Å²) in [4.78, 5) is 48.7. The van der Waals surface area contributed by atoms with E-state index in [-0.39, 0.29) is 13.2 Å². The lowest BCUT2D eigenvalue weighted by atomic mass is 9.77. The van der Waals surface area contributed by atoms with E-state index in [1.807, 2.05) is 0 Å². The molecule has 1 spiro atoms. The van der Waals surface area contributed by atoms with Gasteiger partial charge in [-0.05, 0) is 62.8 Å². The number of hydrogen-bond donors (Lipinski definition) is 2. The maximum Gasteiger partial charge on any atom is 0.344 e. The van der Waals surface area contributed by atoms with Gasteiger partial charge in [0, 0.05) is 0 Å². The SMILES string of the molecule is CCOC(=O)c1ccc(OCC(=O)NN2C(=O)NC3(CCC(C)CC3)C2=O)cc1. The number of hydrogen-bond acceptors (Lipinski definition) is 6. The van der Waals surface area contributed by atoms with E-state index in [0.29, 0.717) is 30.1 Å². The lowest BCUT2D eigenvalue weighted by molar-refractivity contribution is -0.140. The standard InChI is InChI=1S/C20H25N3O6/c1-3-28-17(25)14-4-6-15(7-5-14)29-12-16(24)22-23-18(26)20(21-19(23)27)10-8-13(2)9-11-20/h4-7,13H,3,8-12H2,1-2H3,(H,21,27)(H,22,24). The Bertz CT molecular complexity index is 799. The van der Waals surface area contributed by atoms with Crippen molar-refractivity contribution in [3.05, 3.63) is 29.8 Å². The molecule has 0 unspecified atom stereocenters. The first kappa shape index (κ1) is 20.6. The number of urea groups is 1. The molecule has 1 saturated heterocycles. The molecule has 1 aromatic carbocycles. The summed E-state index contributed by atoms with van der Waals surface area (Å²) in [7, 11) is 0. The number of carbonyl (C=O) groups is 4. The molecule has 9 heteroatoms. The van der Waals surface area contributed by atoms with Gasteiger partial charge < -0.3 is 14.8 Å². The molecular formula is C20H25N3O6. The van der Waals surface area contributed by atoms with Crippen LogP contribution in [0, 0.1) is 5.92 Å². The van der Waals surface area contributed by atoms with Gasteiger partial charge in [0.15, 0.2) is 6.61 Å². The first-order chi connectivity index (χ1) is 13.8. The van der Waals surface area contributed by atoms with E-state index in [1.54, 1.807) is 6.92 Å². The van der Waals surface area contributed by atoms with Crippen LogP contribution in [0.5, 0.6) is 5.75 Å². The van der Waals surface area contributed by atoms with Gasteiger partial charge in [-0.15, -0.1) is 0 Å². The third-order valence-electron chi connectivity index (χ3n) is 5.26. The summed E-state index contributed by atoms with van der Waals surface area (Å²) in [6, 6.07) is 5.49. The number of hydrazine groups is 1. The van der Waals surface area contributed by atoms with Crippen molar-refractivity contribution in [1.29, 1.82) is 0 Å². The number of imide groups is 1. The van der Waals surface area contributed by atoms with Gasteiger partial charge in [-0.2, -0.15) is 5.01 Å². The maximum absolute atomic E-state index is 12.7. The van der Waals surface area contributed by atoms with Crippen LogP contribution < -0.4 is 15.5 Å². The third kappa shape index (κ3) is 4.49. The van der Waals surface area contributed by atoms with Gasteiger partial charge in [0.1, 0.15) is 11.3 Å². The van der Waals surface area contributed by atoms with Gasteiger partial charge in [0.05, 0.1) is 12.2 Å². The molecule has 0 radical (unpaired) electrons. The van der Waals surface area contributed by atoms with Crippen molar-refractivity contribution in [3.8, 4) is 5.75 Å². The summed E-state index contributed by atoms with van der Waals surface area (Å²) < 4.78 is 10.3. The number of nitrogens with one attached hydrogen (secondary N) is 2. The number of carbonyl (C=O) groups excluding carboxylic acids is 4. The summed E-state index contributed by atoms with van der Waals surface area (Å²) in [5, 5.41) is 3.48. The Kier molecular flexibility index (Phi) is 6.05. The minimum atomic E-state index is -0.916. The topological polar surface area (TPSA) is 114 Å². The molecule has 1 aliphatic carbocycles. The zero-order valence-electron chi connectivity index (χ0n) is 16.5. The monoisotopic (exact) mass is 403 g/mol. The minimum Gasteiger partial charge on any atom is -0.484 e. The molecule has 0 aromatic heterocycles. The summed E-state index contributed by atoms with van der Waals surface area (Å²) in [5.41, 5.74) is 1.77. The first-order valence-corrected chi connectivity index (χ1v) is 9.71. The fourth-order valence-electron chi connectivity index (χ4n) is 3.52. The molecule has 1 heterocycles. The van der Waals surface area contributed by atoms with Crippen LogP contribution in [0.1, 0.15) is 49.9 Å². The van der Waals surface area contributed by atoms with Gasteiger partial charge in [-0.25, -0.2) is 9.59 Å². The molecule has 1 aliphatic heterocycles. The van der Waals surface area contributed by atoms with Crippen LogP contribution in [0.25, 0.3) is 0 Å². The molecule has 2 fully saturated rings. The molecule has 1 aromatic rings. The first-order valence-electron chi connectivity index (χ1n) is 9.71. The van der Waals surface area contributed by atoms with Crippen LogP contribution in [0.3, 0.4) is 0 Å². The van der Waals surface area contributed by atoms with Gasteiger partial charge in [-0.3, -0.25) is 15.0 Å². The van der Waals surface area contributed by atoms with Gasteiger partial charge >= 0.3 is 12.0 Å². The maximum atomic E-state index is 12.7.